The molecule has 3 rings (SSSR count). The van der Waals surface area contributed by atoms with Gasteiger partial charge in [0.25, 0.3) is 5.91 Å². The van der Waals surface area contributed by atoms with Crippen LogP contribution in [0.15, 0.2) is 65.3 Å². The number of amides is 1. The number of rotatable bonds is 4. The Hall–Kier alpha value is -2.88. The third kappa shape index (κ3) is 3.16. The fraction of sp³-hybridized carbons (Fsp3) is 0.158. The molecule has 2 aromatic rings. The Balaban J connectivity index is 1.86. The Morgan fingerprint density at radius 2 is 1.78 bits per heavy atom. The molecule has 4 nitrogen and oxygen atoms in total. The van der Waals surface area contributed by atoms with Crippen molar-refractivity contribution in [1.29, 1.82) is 0 Å². The summed E-state index contributed by atoms with van der Waals surface area (Å²) in [5, 5.41) is 5.81. The van der Waals surface area contributed by atoms with E-state index in [0.29, 0.717) is 17.9 Å². The van der Waals surface area contributed by atoms with Crippen LogP contribution in [0.25, 0.3) is 6.08 Å². The molecule has 1 aliphatic rings. The van der Waals surface area contributed by atoms with Crippen molar-refractivity contribution in [3.8, 4) is 5.75 Å². The van der Waals surface area contributed by atoms with Gasteiger partial charge in [-0.3, -0.25) is 4.79 Å². The van der Waals surface area contributed by atoms with Gasteiger partial charge in [-0.1, -0.05) is 30.3 Å². The lowest BCUT2D eigenvalue weighted by atomic mass is 10.1. The van der Waals surface area contributed by atoms with E-state index in [2.05, 4.69) is 5.10 Å². The van der Waals surface area contributed by atoms with Crippen molar-refractivity contribution in [2.45, 2.75) is 13.8 Å². The second-order valence-electron chi connectivity index (χ2n) is 5.20. The molecule has 0 N–H and O–H groups in total. The zero-order valence-corrected chi connectivity index (χ0v) is 13.2. The molecule has 1 heterocycles. The highest BCUT2D eigenvalue weighted by atomic mass is 16.5. The maximum Gasteiger partial charge on any atom is 0.280 e. The van der Waals surface area contributed by atoms with E-state index in [1.165, 1.54) is 5.01 Å². The van der Waals surface area contributed by atoms with Gasteiger partial charge in [-0.2, -0.15) is 10.1 Å². The molecule has 0 unspecified atom stereocenters. The number of hydrazone groups is 1. The minimum absolute atomic E-state index is 0.109. The minimum Gasteiger partial charge on any atom is -0.494 e. The number of benzene rings is 2. The van der Waals surface area contributed by atoms with E-state index < -0.39 is 0 Å². The summed E-state index contributed by atoms with van der Waals surface area (Å²) >= 11 is 0. The SMILES string of the molecule is CCOc1ccc(C=C2C(=O)N(c3ccccc3)N=C2C)cc1. The molecule has 0 bridgehead atoms. The second kappa shape index (κ2) is 6.48. The van der Waals surface area contributed by atoms with Crippen LogP contribution < -0.4 is 9.75 Å². The van der Waals surface area contributed by atoms with Gasteiger partial charge in [0.1, 0.15) is 5.75 Å². The van der Waals surface area contributed by atoms with E-state index >= 15 is 0 Å². The van der Waals surface area contributed by atoms with Crippen LogP contribution in [0.2, 0.25) is 0 Å². The molecule has 1 amide bonds. The Morgan fingerprint density at radius 3 is 2.43 bits per heavy atom. The summed E-state index contributed by atoms with van der Waals surface area (Å²) in [6, 6.07) is 17.1. The number of para-hydroxylation sites is 1. The van der Waals surface area contributed by atoms with Crippen molar-refractivity contribution >= 4 is 23.4 Å². The fourth-order valence-electron chi connectivity index (χ4n) is 2.42. The second-order valence-corrected chi connectivity index (χ2v) is 5.20. The number of nitrogens with zero attached hydrogens (tertiary/aromatic N) is 2. The predicted molar refractivity (Wildman–Crippen MR) is 92.6 cm³/mol. The fourth-order valence-corrected chi connectivity index (χ4v) is 2.42. The number of ether oxygens (including phenoxy) is 1. The summed E-state index contributed by atoms with van der Waals surface area (Å²) in [6.07, 6.45) is 1.86. The number of carbonyl (C=O) groups excluding carboxylic acids is 1. The molecular formula is C19H18N2O2. The van der Waals surface area contributed by atoms with E-state index in [1.807, 2.05) is 74.5 Å². The molecule has 116 valence electrons. The molecular weight excluding hydrogens is 288 g/mol. The Labute approximate surface area is 135 Å². The van der Waals surface area contributed by atoms with Gasteiger partial charge in [0.2, 0.25) is 0 Å². The first kappa shape index (κ1) is 15.0. The molecule has 0 spiro atoms. The molecule has 0 aromatic heterocycles. The van der Waals surface area contributed by atoms with Crippen LogP contribution in [0.4, 0.5) is 5.69 Å². The van der Waals surface area contributed by atoms with Crippen LogP contribution in [0.5, 0.6) is 5.75 Å². The van der Waals surface area contributed by atoms with E-state index in [1.54, 1.807) is 0 Å². The molecule has 1 aliphatic heterocycles. The van der Waals surface area contributed by atoms with Gasteiger partial charge < -0.3 is 4.74 Å². The average molecular weight is 306 g/mol. The van der Waals surface area contributed by atoms with Crippen LogP contribution in [0.3, 0.4) is 0 Å². The van der Waals surface area contributed by atoms with Gasteiger partial charge in [0, 0.05) is 0 Å². The summed E-state index contributed by atoms with van der Waals surface area (Å²) in [6.45, 7) is 4.43. The van der Waals surface area contributed by atoms with E-state index in [9.17, 15) is 4.79 Å². The van der Waals surface area contributed by atoms with E-state index in [0.717, 1.165) is 17.0 Å². The molecule has 0 fully saturated rings. The summed E-state index contributed by atoms with van der Waals surface area (Å²) in [5.41, 5.74) is 3.04. The normalized spacial score (nSPS) is 15.9. The van der Waals surface area contributed by atoms with Gasteiger partial charge in [0.05, 0.1) is 23.6 Å². The number of hydrogen-bond donors (Lipinski definition) is 0. The van der Waals surface area contributed by atoms with Crippen LogP contribution in [0.1, 0.15) is 19.4 Å². The van der Waals surface area contributed by atoms with Gasteiger partial charge >= 0.3 is 0 Å². The number of hydrogen-bond acceptors (Lipinski definition) is 3. The zero-order valence-electron chi connectivity index (χ0n) is 13.2. The maximum absolute atomic E-state index is 12.6. The van der Waals surface area contributed by atoms with Crippen molar-refractivity contribution < 1.29 is 9.53 Å². The van der Waals surface area contributed by atoms with Gasteiger partial charge in [-0.05, 0) is 49.8 Å². The predicted octanol–water partition coefficient (Wildman–Crippen LogP) is 3.89. The Kier molecular flexibility index (Phi) is 4.24. The molecule has 23 heavy (non-hydrogen) atoms. The van der Waals surface area contributed by atoms with Crippen LogP contribution in [-0.2, 0) is 4.79 Å². The van der Waals surface area contributed by atoms with Gasteiger partial charge in [-0.15, -0.1) is 0 Å². The third-order valence-corrected chi connectivity index (χ3v) is 3.57. The summed E-state index contributed by atoms with van der Waals surface area (Å²) in [7, 11) is 0. The maximum atomic E-state index is 12.6. The van der Waals surface area contributed by atoms with Crippen LogP contribution in [0, 0.1) is 0 Å². The van der Waals surface area contributed by atoms with Gasteiger partial charge in [0.15, 0.2) is 0 Å². The highest BCUT2D eigenvalue weighted by Crippen LogP contribution is 2.25. The molecule has 0 atom stereocenters. The lowest BCUT2D eigenvalue weighted by molar-refractivity contribution is -0.114. The first-order valence-electron chi connectivity index (χ1n) is 7.58. The Morgan fingerprint density at radius 1 is 1.09 bits per heavy atom. The van der Waals surface area contributed by atoms with E-state index in [-0.39, 0.29) is 5.91 Å². The number of carbonyl (C=O) groups is 1. The Bertz CT molecular complexity index is 762. The van der Waals surface area contributed by atoms with Crippen molar-refractivity contribution in [2.24, 2.45) is 5.10 Å². The summed E-state index contributed by atoms with van der Waals surface area (Å²) in [5.74, 6) is 0.714. The first-order chi connectivity index (χ1) is 11.2. The lowest BCUT2D eigenvalue weighted by Gasteiger charge is -2.11. The quantitative estimate of drug-likeness (QED) is 0.804. The van der Waals surface area contributed by atoms with Gasteiger partial charge in [-0.25, -0.2) is 0 Å². The molecule has 2 aromatic carbocycles. The summed E-state index contributed by atoms with van der Waals surface area (Å²) < 4.78 is 5.43. The van der Waals surface area contributed by atoms with Crippen LogP contribution in [-0.4, -0.2) is 18.2 Å². The molecule has 4 heteroatoms. The smallest absolute Gasteiger partial charge is 0.280 e. The largest absolute Gasteiger partial charge is 0.494 e. The minimum atomic E-state index is -0.109. The van der Waals surface area contributed by atoms with Crippen molar-refractivity contribution in [3.63, 3.8) is 0 Å². The monoisotopic (exact) mass is 306 g/mol. The van der Waals surface area contributed by atoms with Crippen molar-refractivity contribution in [3.05, 3.63) is 65.7 Å². The highest BCUT2D eigenvalue weighted by Gasteiger charge is 2.28. The average Bonchev–Trinajstić information content (AvgIpc) is 2.86. The van der Waals surface area contributed by atoms with E-state index in [4.69, 9.17) is 4.74 Å². The molecule has 0 saturated carbocycles. The van der Waals surface area contributed by atoms with Crippen LogP contribution >= 0.6 is 0 Å². The number of anilines is 1. The highest BCUT2D eigenvalue weighted by molar-refractivity contribution is 6.32. The first-order valence-corrected chi connectivity index (χ1v) is 7.58. The molecule has 0 radical (unpaired) electrons. The summed E-state index contributed by atoms with van der Waals surface area (Å²) in [4.78, 5) is 12.6. The molecule has 0 saturated heterocycles. The topological polar surface area (TPSA) is 41.9 Å². The standard InChI is InChI=1S/C19H18N2O2/c1-3-23-17-11-9-15(10-12-17)13-18-14(2)20-21(19(18)22)16-7-5-4-6-8-16/h4-13H,3H2,1-2H3. The zero-order chi connectivity index (χ0) is 16.2. The third-order valence-electron chi connectivity index (χ3n) is 3.57. The lowest BCUT2D eigenvalue weighted by Crippen LogP contribution is -2.21. The van der Waals surface area contributed by atoms with Crippen molar-refractivity contribution in [1.82, 2.24) is 0 Å². The molecule has 0 aliphatic carbocycles. The van der Waals surface area contributed by atoms with Crippen molar-refractivity contribution in [2.75, 3.05) is 11.6 Å².